The predicted octanol–water partition coefficient (Wildman–Crippen LogP) is 5.00. The number of rotatable bonds is 5. The fraction of sp³-hybridized carbons (Fsp3) is 0.333. The zero-order valence-electron chi connectivity index (χ0n) is 8.78. The number of hydrogen-bond donors (Lipinski definition) is 0. The van der Waals surface area contributed by atoms with Crippen LogP contribution in [0.4, 0.5) is 0 Å². The van der Waals surface area contributed by atoms with Gasteiger partial charge in [-0.25, -0.2) is 0 Å². The number of hydrogen-bond acceptors (Lipinski definition) is 4. The van der Waals surface area contributed by atoms with E-state index in [4.69, 9.17) is 44.1 Å². The van der Waals surface area contributed by atoms with Gasteiger partial charge in [0.25, 0.3) is 5.69 Å². The Bertz CT molecular complexity index is 414. The van der Waals surface area contributed by atoms with Gasteiger partial charge in [0.2, 0.25) is 0 Å². The molecule has 16 heavy (non-hydrogen) atoms. The molecular weight excluding hydrogens is 306 g/mol. The second kappa shape index (κ2) is 6.48. The molecule has 7 heteroatoms. The van der Waals surface area contributed by atoms with E-state index in [-0.39, 0.29) is 0 Å². The van der Waals surface area contributed by atoms with Gasteiger partial charge < -0.3 is 9.05 Å². The van der Waals surface area contributed by atoms with E-state index in [9.17, 15) is 0 Å². The first kappa shape index (κ1) is 14.6. The van der Waals surface area contributed by atoms with Crippen LogP contribution in [0.3, 0.4) is 0 Å². The van der Waals surface area contributed by atoms with Gasteiger partial charge >= 0.3 is 0 Å². The summed E-state index contributed by atoms with van der Waals surface area (Å²) in [7, 11) is 0. The van der Waals surface area contributed by atoms with E-state index in [1.54, 1.807) is 18.2 Å². The molecule has 1 rings (SSSR count). The zero-order valence-corrected chi connectivity index (χ0v) is 12.8. The Morgan fingerprint density at radius 1 is 1.44 bits per heavy atom. The molecule has 0 saturated heterocycles. The van der Waals surface area contributed by atoms with Crippen LogP contribution in [0, 0.1) is 0 Å². The predicted molar refractivity (Wildman–Crippen MR) is 76.5 cm³/mol. The van der Waals surface area contributed by atoms with Crippen molar-refractivity contribution in [2.24, 2.45) is 0 Å². The number of halogens is 2. The summed E-state index contributed by atoms with van der Waals surface area (Å²) < 4.78 is 11.1. The van der Waals surface area contributed by atoms with Gasteiger partial charge in [-0.05, 0) is 43.2 Å². The molecule has 0 aliphatic rings. The summed E-state index contributed by atoms with van der Waals surface area (Å²) in [6.07, 6.45) is 1.86. The van der Waals surface area contributed by atoms with Crippen LogP contribution in [0.1, 0.15) is 6.92 Å². The van der Waals surface area contributed by atoms with Crippen molar-refractivity contribution in [2.75, 3.05) is 12.9 Å². The molecule has 2 nitrogen and oxygen atoms in total. The molecule has 1 aromatic rings. The summed E-state index contributed by atoms with van der Waals surface area (Å²) in [6, 6.07) is 5.01. The monoisotopic (exact) mass is 316 g/mol. The van der Waals surface area contributed by atoms with Crippen molar-refractivity contribution < 1.29 is 9.05 Å². The fourth-order valence-corrected chi connectivity index (χ4v) is 4.05. The van der Waals surface area contributed by atoms with Crippen LogP contribution in [0.5, 0.6) is 5.75 Å². The molecule has 1 atom stereocenters. The average Bonchev–Trinajstić information content (AvgIpc) is 2.23. The van der Waals surface area contributed by atoms with Crippen LogP contribution in [-0.2, 0) is 16.3 Å². The Labute approximate surface area is 115 Å². The van der Waals surface area contributed by atoms with Crippen molar-refractivity contribution in [3.8, 4) is 5.75 Å². The van der Waals surface area contributed by atoms with Crippen molar-refractivity contribution in [2.45, 2.75) is 6.92 Å². The standard InChI is InChI=1S/C9H11Cl2O2PS2/c1-3-12-14(15,16-2)13-9-5-4-7(10)6-8(9)11/h4-6H,3H2,1-2H3. The van der Waals surface area contributed by atoms with Gasteiger partial charge in [0.05, 0.1) is 11.6 Å². The van der Waals surface area contributed by atoms with E-state index in [1.165, 1.54) is 11.4 Å². The minimum absolute atomic E-state index is 0.440. The smallest absolute Gasteiger partial charge is 0.297 e. The highest BCUT2D eigenvalue weighted by atomic mass is 35.5. The second-order valence-corrected chi connectivity index (χ2v) is 9.93. The lowest BCUT2D eigenvalue weighted by atomic mass is 10.3. The first-order chi connectivity index (χ1) is 7.50. The molecule has 0 amide bonds. The van der Waals surface area contributed by atoms with Crippen LogP contribution in [0.15, 0.2) is 18.2 Å². The van der Waals surface area contributed by atoms with E-state index in [1.807, 2.05) is 13.2 Å². The Balaban J connectivity index is 2.90. The van der Waals surface area contributed by atoms with E-state index < -0.39 is 5.69 Å². The van der Waals surface area contributed by atoms with Crippen LogP contribution < -0.4 is 4.52 Å². The molecule has 0 bridgehead atoms. The van der Waals surface area contributed by atoms with Crippen LogP contribution in [0.2, 0.25) is 10.0 Å². The van der Waals surface area contributed by atoms with Gasteiger partial charge in [-0.2, -0.15) is 0 Å². The molecule has 0 aliphatic heterocycles. The summed E-state index contributed by atoms with van der Waals surface area (Å²) in [4.78, 5) is 0. The van der Waals surface area contributed by atoms with E-state index >= 15 is 0 Å². The molecule has 0 aliphatic carbocycles. The minimum atomic E-state index is -2.34. The van der Waals surface area contributed by atoms with Crippen LogP contribution >= 0.6 is 40.3 Å². The van der Waals surface area contributed by atoms with E-state index in [0.717, 1.165) is 0 Å². The lowest BCUT2D eigenvalue weighted by Crippen LogP contribution is -1.94. The molecule has 0 fully saturated rings. The molecule has 0 spiro atoms. The average molecular weight is 317 g/mol. The molecule has 0 heterocycles. The number of benzene rings is 1. The molecule has 0 radical (unpaired) electrons. The van der Waals surface area contributed by atoms with Gasteiger partial charge in [0, 0.05) is 5.02 Å². The molecule has 1 unspecified atom stereocenters. The zero-order chi connectivity index (χ0) is 12.2. The Morgan fingerprint density at radius 3 is 2.62 bits per heavy atom. The van der Waals surface area contributed by atoms with Crippen LogP contribution in [0.25, 0.3) is 0 Å². The van der Waals surface area contributed by atoms with Crippen molar-refractivity contribution in [1.82, 2.24) is 0 Å². The highest BCUT2D eigenvalue weighted by molar-refractivity contribution is 8.67. The largest absolute Gasteiger partial charge is 0.435 e. The highest BCUT2D eigenvalue weighted by Crippen LogP contribution is 2.59. The molecule has 1 aromatic carbocycles. The SMILES string of the molecule is CCOP(=S)(Oc1ccc(Cl)cc1Cl)SC. The van der Waals surface area contributed by atoms with Gasteiger partial charge in [-0.3, -0.25) is 0 Å². The molecular formula is C9H11Cl2O2PS2. The molecule has 0 aromatic heterocycles. The van der Waals surface area contributed by atoms with Gasteiger partial charge in [-0.15, -0.1) is 0 Å². The second-order valence-electron chi connectivity index (χ2n) is 2.71. The summed E-state index contributed by atoms with van der Waals surface area (Å²) in [5, 5.41) is 1.00. The van der Waals surface area contributed by atoms with Crippen molar-refractivity contribution in [3.63, 3.8) is 0 Å². The molecule has 0 N–H and O–H groups in total. The van der Waals surface area contributed by atoms with Gasteiger partial charge in [0.15, 0.2) is 0 Å². The third kappa shape index (κ3) is 4.10. The first-order valence-corrected chi connectivity index (χ1v) is 9.68. The third-order valence-corrected chi connectivity index (χ3v) is 7.35. The summed E-state index contributed by atoms with van der Waals surface area (Å²) in [5.41, 5.74) is -2.34. The lowest BCUT2D eigenvalue weighted by Gasteiger charge is -2.20. The maximum atomic E-state index is 5.99. The van der Waals surface area contributed by atoms with Crippen LogP contribution in [-0.4, -0.2) is 12.9 Å². The molecule has 90 valence electrons. The van der Waals surface area contributed by atoms with Gasteiger partial charge in [-0.1, -0.05) is 34.6 Å². The topological polar surface area (TPSA) is 18.5 Å². The minimum Gasteiger partial charge on any atom is -0.435 e. The third-order valence-electron chi connectivity index (χ3n) is 1.61. The highest BCUT2D eigenvalue weighted by Gasteiger charge is 2.20. The first-order valence-electron chi connectivity index (χ1n) is 4.45. The summed E-state index contributed by atoms with van der Waals surface area (Å²) >= 11 is 18.5. The van der Waals surface area contributed by atoms with Crippen molar-refractivity contribution >= 4 is 52.1 Å². The lowest BCUT2D eigenvalue weighted by molar-refractivity contribution is 0.344. The fourth-order valence-electron chi connectivity index (χ4n) is 0.944. The summed E-state index contributed by atoms with van der Waals surface area (Å²) in [6.45, 7) is 2.40. The van der Waals surface area contributed by atoms with Crippen molar-refractivity contribution in [1.29, 1.82) is 0 Å². The Morgan fingerprint density at radius 2 is 2.12 bits per heavy atom. The molecule has 0 saturated carbocycles. The van der Waals surface area contributed by atoms with E-state index in [2.05, 4.69) is 0 Å². The maximum absolute atomic E-state index is 5.99. The van der Waals surface area contributed by atoms with Gasteiger partial charge in [0.1, 0.15) is 5.75 Å². The summed E-state index contributed by atoms with van der Waals surface area (Å²) in [5.74, 6) is 0.511. The Kier molecular flexibility index (Phi) is 5.92. The maximum Gasteiger partial charge on any atom is 0.297 e. The van der Waals surface area contributed by atoms with Crippen molar-refractivity contribution in [3.05, 3.63) is 28.2 Å². The Hall–Kier alpha value is 0.560. The normalized spacial score (nSPS) is 14.5. The van der Waals surface area contributed by atoms with E-state index in [0.29, 0.717) is 22.4 Å². The quantitative estimate of drug-likeness (QED) is 0.711.